The van der Waals surface area contributed by atoms with Gasteiger partial charge in [0.15, 0.2) is 0 Å². The van der Waals surface area contributed by atoms with E-state index >= 15 is 0 Å². The second-order valence-corrected chi connectivity index (χ2v) is 6.12. The van der Waals surface area contributed by atoms with Crippen molar-refractivity contribution in [1.82, 2.24) is 5.32 Å². The molecule has 0 aromatic heterocycles. The van der Waals surface area contributed by atoms with Crippen LogP contribution in [0.2, 0.25) is 10.0 Å². The van der Waals surface area contributed by atoms with Crippen LogP contribution in [0.1, 0.15) is 29.7 Å². The maximum Gasteiger partial charge on any atom is 0.127 e. The maximum atomic E-state index is 6.23. The molecule has 110 valence electrons. The molecule has 0 aliphatic carbocycles. The summed E-state index contributed by atoms with van der Waals surface area (Å²) in [7, 11) is 0. The van der Waals surface area contributed by atoms with Gasteiger partial charge in [0.2, 0.25) is 0 Å². The first kappa shape index (κ1) is 14.7. The molecule has 0 radical (unpaired) electrons. The molecule has 1 heterocycles. The van der Waals surface area contributed by atoms with Gasteiger partial charge in [0.05, 0.1) is 6.61 Å². The zero-order valence-corrected chi connectivity index (χ0v) is 13.3. The maximum absolute atomic E-state index is 6.23. The summed E-state index contributed by atoms with van der Waals surface area (Å²) in [4.78, 5) is 0. The van der Waals surface area contributed by atoms with Crippen molar-refractivity contribution in [2.45, 2.75) is 25.9 Å². The van der Waals surface area contributed by atoms with E-state index in [4.69, 9.17) is 27.9 Å². The number of hydrogen-bond acceptors (Lipinski definition) is 2. The van der Waals surface area contributed by atoms with E-state index in [0.29, 0.717) is 6.54 Å². The predicted octanol–water partition coefficient (Wildman–Crippen LogP) is 4.78. The van der Waals surface area contributed by atoms with Gasteiger partial charge in [-0.3, -0.25) is 0 Å². The summed E-state index contributed by atoms with van der Waals surface area (Å²) in [5.74, 6) is 0.984. The fourth-order valence-electron chi connectivity index (χ4n) is 2.68. The topological polar surface area (TPSA) is 21.3 Å². The zero-order valence-electron chi connectivity index (χ0n) is 11.8. The molecule has 0 spiro atoms. The Kier molecular flexibility index (Phi) is 4.39. The van der Waals surface area contributed by atoms with Crippen LogP contribution in [0, 0.1) is 0 Å². The Hall–Kier alpha value is -1.22. The molecule has 0 bridgehead atoms. The van der Waals surface area contributed by atoms with E-state index in [1.807, 2.05) is 36.4 Å². The lowest BCUT2D eigenvalue weighted by atomic mass is 10.1. The molecule has 0 unspecified atom stereocenters. The van der Waals surface area contributed by atoms with Gasteiger partial charge in [0.25, 0.3) is 0 Å². The SMILES string of the molecule is C[C@H](NCc1cc(Cl)cc2c1OCC2)c1ccccc1Cl. The lowest BCUT2D eigenvalue weighted by Gasteiger charge is -2.17. The highest BCUT2D eigenvalue weighted by Crippen LogP contribution is 2.33. The van der Waals surface area contributed by atoms with Crippen molar-refractivity contribution in [2.24, 2.45) is 0 Å². The fraction of sp³-hybridized carbons (Fsp3) is 0.294. The van der Waals surface area contributed by atoms with Crippen molar-refractivity contribution in [3.05, 3.63) is 63.1 Å². The molecular formula is C17H17Cl2NO. The van der Waals surface area contributed by atoms with Crippen molar-refractivity contribution in [3.63, 3.8) is 0 Å². The van der Waals surface area contributed by atoms with Crippen LogP contribution in [0.4, 0.5) is 0 Å². The van der Waals surface area contributed by atoms with Crippen LogP contribution in [0.5, 0.6) is 5.75 Å². The normalized spacial score (nSPS) is 14.6. The number of hydrogen-bond donors (Lipinski definition) is 1. The molecular weight excluding hydrogens is 305 g/mol. The van der Waals surface area contributed by atoms with Crippen LogP contribution in [-0.2, 0) is 13.0 Å². The van der Waals surface area contributed by atoms with Gasteiger partial charge in [0, 0.05) is 34.6 Å². The van der Waals surface area contributed by atoms with Gasteiger partial charge in [-0.05, 0) is 36.2 Å². The zero-order chi connectivity index (χ0) is 14.8. The molecule has 1 aliphatic heterocycles. The molecule has 0 fully saturated rings. The van der Waals surface area contributed by atoms with Gasteiger partial charge in [-0.2, -0.15) is 0 Å². The minimum Gasteiger partial charge on any atom is -0.493 e. The number of rotatable bonds is 4. The van der Waals surface area contributed by atoms with Gasteiger partial charge >= 0.3 is 0 Å². The second kappa shape index (κ2) is 6.27. The van der Waals surface area contributed by atoms with Crippen molar-refractivity contribution in [3.8, 4) is 5.75 Å². The summed E-state index contributed by atoms with van der Waals surface area (Å²) in [6.07, 6.45) is 0.933. The second-order valence-electron chi connectivity index (χ2n) is 5.28. The Labute approximate surface area is 135 Å². The molecule has 1 N–H and O–H groups in total. The predicted molar refractivity (Wildman–Crippen MR) is 87.4 cm³/mol. The minimum atomic E-state index is 0.162. The molecule has 2 aromatic rings. The van der Waals surface area contributed by atoms with Crippen LogP contribution in [-0.4, -0.2) is 6.61 Å². The number of benzene rings is 2. The molecule has 2 nitrogen and oxygen atoms in total. The lowest BCUT2D eigenvalue weighted by molar-refractivity contribution is 0.351. The third-order valence-electron chi connectivity index (χ3n) is 3.80. The van der Waals surface area contributed by atoms with E-state index in [-0.39, 0.29) is 6.04 Å². The van der Waals surface area contributed by atoms with Crippen molar-refractivity contribution >= 4 is 23.2 Å². The average Bonchev–Trinajstić information content (AvgIpc) is 2.93. The summed E-state index contributed by atoms with van der Waals surface area (Å²) in [6.45, 7) is 3.55. The molecule has 2 aromatic carbocycles. The first-order chi connectivity index (χ1) is 10.1. The van der Waals surface area contributed by atoms with Gasteiger partial charge in [-0.15, -0.1) is 0 Å². The van der Waals surface area contributed by atoms with Crippen LogP contribution >= 0.6 is 23.2 Å². The Morgan fingerprint density at radius 2 is 2.05 bits per heavy atom. The van der Waals surface area contributed by atoms with Crippen LogP contribution < -0.4 is 10.1 Å². The van der Waals surface area contributed by atoms with Crippen molar-refractivity contribution < 1.29 is 4.74 Å². The largest absolute Gasteiger partial charge is 0.493 e. The highest BCUT2D eigenvalue weighted by Gasteiger charge is 2.18. The Bertz CT molecular complexity index is 657. The van der Waals surface area contributed by atoms with Crippen LogP contribution in [0.15, 0.2) is 36.4 Å². The summed E-state index contributed by atoms with van der Waals surface area (Å²) in [6, 6.07) is 12.0. The summed E-state index contributed by atoms with van der Waals surface area (Å²) in [5.41, 5.74) is 3.40. The standard InChI is InChI=1S/C17H17Cl2NO/c1-11(15-4-2-3-5-16(15)19)20-10-13-9-14(18)8-12-6-7-21-17(12)13/h2-5,8-9,11,20H,6-7,10H2,1H3/t11-/m0/s1. The highest BCUT2D eigenvalue weighted by molar-refractivity contribution is 6.31. The molecule has 1 aliphatic rings. The van der Waals surface area contributed by atoms with Gasteiger partial charge in [-0.1, -0.05) is 41.4 Å². The highest BCUT2D eigenvalue weighted by atomic mass is 35.5. The smallest absolute Gasteiger partial charge is 0.127 e. The van der Waals surface area contributed by atoms with Crippen LogP contribution in [0.25, 0.3) is 0 Å². The number of ether oxygens (including phenoxy) is 1. The summed E-state index contributed by atoms with van der Waals surface area (Å²) in [5, 5.41) is 5.04. The summed E-state index contributed by atoms with van der Waals surface area (Å²) < 4.78 is 5.72. The molecule has 21 heavy (non-hydrogen) atoms. The molecule has 0 saturated heterocycles. The van der Waals surface area contributed by atoms with Gasteiger partial charge in [-0.25, -0.2) is 0 Å². The van der Waals surface area contributed by atoms with Crippen molar-refractivity contribution in [2.75, 3.05) is 6.61 Å². The number of fused-ring (bicyclic) bond motifs is 1. The minimum absolute atomic E-state index is 0.162. The Balaban J connectivity index is 1.75. The Morgan fingerprint density at radius 1 is 1.24 bits per heavy atom. The molecule has 1 atom stereocenters. The third kappa shape index (κ3) is 3.18. The fourth-order valence-corrected chi connectivity index (χ4v) is 3.24. The van der Waals surface area contributed by atoms with E-state index < -0.39 is 0 Å². The summed E-state index contributed by atoms with van der Waals surface area (Å²) >= 11 is 12.4. The lowest BCUT2D eigenvalue weighted by Crippen LogP contribution is -2.18. The first-order valence-electron chi connectivity index (χ1n) is 7.07. The number of halogens is 2. The average molecular weight is 322 g/mol. The van der Waals surface area contributed by atoms with Gasteiger partial charge < -0.3 is 10.1 Å². The van der Waals surface area contributed by atoms with E-state index in [0.717, 1.165) is 39.9 Å². The monoisotopic (exact) mass is 321 g/mol. The van der Waals surface area contributed by atoms with E-state index in [1.54, 1.807) is 0 Å². The quantitative estimate of drug-likeness (QED) is 0.875. The van der Waals surface area contributed by atoms with E-state index in [2.05, 4.69) is 12.2 Å². The Morgan fingerprint density at radius 3 is 2.86 bits per heavy atom. The van der Waals surface area contributed by atoms with E-state index in [1.165, 1.54) is 5.56 Å². The van der Waals surface area contributed by atoms with Gasteiger partial charge in [0.1, 0.15) is 5.75 Å². The molecule has 0 amide bonds. The van der Waals surface area contributed by atoms with Crippen molar-refractivity contribution in [1.29, 1.82) is 0 Å². The molecule has 4 heteroatoms. The van der Waals surface area contributed by atoms with Crippen LogP contribution in [0.3, 0.4) is 0 Å². The van der Waals surface area contributed by atoms with E-state index in [9.17, 15) is 0 Å². The third-order valence-corrected chi connectivity index (χ3v) is 4.36. The number of nitrogens with one attached hydrogen (secondary N) is 1. The molecule has 3 rings (SSSR count). The first-order valence-corrected chi connectivity index (χ1v) is 7.82. The molecule has 0 saturated carbocycles.